The molecule has 0 amide bonds. The SMILES string of the molecule is CCc1nc(CC)n(Cc2ccc(C(=O)OC)cc2)n1. The molecular weight excluding hydrogens is 254 g/mol. The smallest absolute Gasteiger partial charge is 0.337 e. The number of hydrogen-bond donors (Lipinski definition) is 0. The summed E-state index contributed by atoms with van der Waals surface area (Å²) in [7, 11) is 1.38. The summed E-state index contributed by atoms with van der Waals surface area (Å²) in [5.74, 6) is 1.53. The Bertz CT molecular complexity index is 588. The fourth-order valence-electron chi connectivity index (χ4n) is 2.00. The van der Waals surface area contributed by atoms with E-state index in [1.165, 1.54) is 7.11 Å². The number of esters is 1. The third kappa shape index (κ3) is 3.04. The van der Waals surface area contributed by atoms with Gasteiger partial charge in [-0.15, -0.1) is 0 Å². The van der Waals surface area contributed by atoms with E-state index in [0.29, 0.717) is 12.1 Å². The molecule has 20 heavy (non-hydrogen) atoms. The van der Waals surface area contributed by atoms with Gasteiger partial charge in [-0.25, -0.2) is 14.5 Å². The molecule has 0 atom stereocenters. The van der Waals surface area contributed by atoms with Crippen LogP contribution in [0.15, 0.2) is 24.3 Å². The second kappa shape index (κ2) is 6.32. The Morgan fingerprint density at radius 1 is 1.20 bits per heavy atom. The van der Waals surface area contributed by atoms with Gasteiger partial charge in [0.2, 0.25) is 0 Å². The average Bonchev–Trinajstić information content (AvgIpc) is 2.89. The molecule has 0 aliphatic carbocycles. The largest absolute Gasteiger partial charge is 0.465 e. The fraction of sp³-hybridized carbons (Fsp3) is 0.400. The first kappa shape index (κ1) is 14.2. The van der Waals surface area contributed by atoms with Gasteiger partial charge in [0.1, 0.15) is 5.82 Å². The van der Waals surface area contributed by atoms with E-state index in [1.807, 2.05) is 23.7 Å². The molecular formula is C15H19N3O2. The van der Waals surface area contributed by atoms with Gasteiger partial charge in [0.25, 0.3) is 0 Å². The number of rotatable bonds is 5. The summed E-state index contributed by atoms with van der Waals surface area (Å²) in [6.45, 7) is 4.78. The van der Waals surface area contributed by atoms with Crippen LogP contribution < -0.4 is 0 Å². The van der Waals surface area contributed by atoms with Crippen molar-refractivity contribution in [2.24, 2.45) is 0 Å². The third-order valence-electron chi connectivity index (χ3n) is 3.13. The van der Waals surface area contributed by atoms with E-state index in [2.05, 4.69) is 21.7 Å². The first-order valence-corrected chi connectivity index (χ1v) is 6.77. The van der Waals surface area contributed by atoms with Gasteiger partial charge in [-0.05, 0) is 17.7 Å². The lowest BCUT2D eigenvalue weighted by molar-refractivity contribution is 0.0600. The number of aromatic nitrogens is 3. The van der Waals surface area contributed by atoms with Crippen LogP contribution in [0.1, 0.15) is 41.4 Å². The molecule has 0 aliphatic rings. The maximum absolute atomic E-state index is 11.4. The number of methoxy groups -OCH3 is 1. The van der Waals surface area contributed by atoms with E-state index in [-0.39, 0.29) is 5.97 Å². The van der Waals surface area contributed by atoms with E-state index in [4.69, 9.17) is 0 Å². The lowest BCUT2D eigenvalue weighted by Gasteiger charge is -2.05. The summed E-state index contributed by atoms with van der Waals surface area (Å²) in [6, 6.07) is 7.37. The monoisotopic (exact) mass is 273 g/mol. The van der Waals surface area contributed by atoms with Crippen molar-refractivity contribution in [2.45, 2.75) is 33.2 Å². The molecule has 1 aromatic heterocycles. The summed E-state index contributed by atoms with van der Waals surface area (Å²) in [4.78, 5) is 15.9. The lowest BCUT2D eigenvalue weighted by Crippen LogP contribution is -2.07. The molecule has 106 valence electrons. The van der Waals surface area contributed by atoms with Crippen LogP contribution in [0.3, 0.4) is 0 Å². The molecule has 0 spiro atoms. The Kier molecular flexibility index (Phi) is 4.50. The number of carbonyl (C=O) groups is 1. The van der Waals surface area contributed by atoms with Crippen molar-refractivity contribution < 1.29 is 9.53 Å². The van der Waals surface area contributed by atoms with E-state index in [1.54, 1.807) is 12.1 Å². The van der Waals surface area contributed by atoms with Crippen LogP contribution in [0.2, 0.25) is 0 Å². The van der Waals surface area contributed by atoms with Gasteiger partial charge in [-0.2, -0.15) is 5.10 Å². The van der Waals surface area contributed by atoms with Crippen LogP contribution in [0.4, 0.5) is 0 Å². The molecule has 0 unspecified atom stereocenters. The molecule has 0 bridgehead atoms. The topological polar surface area (TPSA) is 57.0 Å². The van der Waals surface area contributed by atoms with Gasteiger partial charge in [0, 0.05) is 12.8 Å². The zero-order valence-electron chi connectivity index (χ0n) is 12.1. The summed E-state index contributed by atoms with van der Waals surface area (Å²) >= 11 is 0. The van der Waals surface area contributed by atoms with E-state index >= 15 is 0 Å². The Morgan fingerprint density at radius 3 is 2.45 bits per heavy atom. The predicted molar refractivity (Wildman–Crippen MR) is 75.7 cm³/mol. The summed E-state index contributed by atoms with van der Waals surface area (Å²) < 4.78 is 6.60. The zero-order chi connectivity index (χ0) is 14.5. The molecule has 5 heteroatoms. The molecule has 0 radical (unpaired) electrons. The van der Waals surface area contributed by atoms with E-state index in [9.17, 15) is 4.79 Å². The fourth-order valence-corrected chi connectivity index (χ4v) is 2.00. The third-order valence-corrected chi connectivity index (χ3v) is 3.13. The van der Waals surface area contributed by atoms with Gasteiger partial charge in [-0.3, -0.25) is 0 Å². The maximum Gasteiger partial charge on any atom is 0.337 e. The Balaban J connectivity index is 2.17. The van der Waals surface area contributed by atoms with Crippen molar-refractivity contribution >= 4 is 5.97 Å². The van der Waals surface area contributed by atoms with Gasteiger partial charge >= 0.3 is 5.97 Å². The summed E-state index contributed by atoms with van der Waals surface area (Å²) in [6.07, 6.45) is 1.69. The average molecular weight is 273 g/mol. The molecule has 0 N–H and O–H groups in total. The molecule has 0 fully saturated rings. The lowest BCUT2D eigenvalue weighted by atomic mass is 10.1. The first-order chi connectivity index (χ1) is 9.67. The highest BCUT2D eigenvalue weighted by molar-refractivity contribution is 5.89. The number of hydrogen-bond acceptors (Lipinski definition) is 4. The van der Waals surface area contributed by atoms with Crippen LogP contribution >= 0.6 is 0 Å². The van der Waals surface area contributed by atoms with Gasteiger partial charge in [-0.1, -0.05) is 26.0 Å². The number of nitrogens with zero attached hydrogens (tertiary/aromatic N) is 3. The Labute approximate surface area is 118 Å². The van der Waals surface area contributed by atoms with Crippen molar-refractivity contribution in [1.29, 1.82) is 0 Å². The number of benzene rings is 1. The second-order valence-electron chi connectivity index (χ2n) is 4.50. The zero-order valence-corrected chi connectivity index (χ0v) is 12.1. The molecule has 1 heterocycles. The normalized spacial score (nSPS) is 10.6. The van der Waals surface area contributed by atoms with Crippen LogP contribution in [0.25, 0.3) is 0 Å². The second-order valence-corrected chi connectivity index (χ2v) is 4.50. The molecule has 0 saturated heterocycles. The standard InChI is InChI=1S/C15H19N3O2/c1-4-13-16-14(5-2)18(17-13)10-11-6-8-12(9-7-11)15(19)20-3/h6-9H,4-5,10H2,1-3H3. The van der Waals surface area contributed by atoms with Crippen molar-refractivity contribution in [3.8, 4) is 0 Å². The molecule has 2 rings (SSSR count). The van der Waals surface area contributed by atoms with Crippen molar-refractivity contribution in [2.75, 3.05) is 7.11 Å². The van der Waals surface area contributed by atoms with E-state index in [0.717, 1.165) is 30.1 Å². The quantitative estimate of drug-likeness (QED) is 0.784. The van der Waals surface area contributed by atoms with Gasteiger partial charge < -0.3 is 4.74 Å². The number of ether oxygens (including phenoxy) is 1. The predicted octanol–water partition coefficient (Wildman–Crippen LogP) is 2.24. The molecule has 2 aromatic rings. The minimum atomic E-state index is -0.320. The molecule has 0 aliphatic heterocycles. The molecule has 0 saturated carbocycles. The van der Waals surface area contributed by atoms with Crippen LogP contribution in [0, 0.1) is 0 Å². The van der Waals surface area contributed by atoms with Gasteiger partial charge in [0.15, 0.2) is 5.82 Å². The van der Waals surface area contributed by atoms with Gasteiger partial charge in [0.05, 0.1) is 19.2 Å². The van der Waals surface area contributed by atoms with E-state index < -0.39 is 0 Å². The molecule has 5 nitrogen and oxygen atoms in total. The highest BCUT2D eigenvalue weighted by atomic mass is 16.5. The number of carbonyl (C=O) groups excluding carboxylic acids is 1. The highest BCUT2D eigenvalue weighted by Crippen LogP contribution is 2.09. The minimum absolute atomic E-state index is 0.320. The Hall–Kier alpha value is -2.17. The van der Waals surface area contributed by atoms with Crippen molar-refractivity contribution in [1.82, 2.24) is 14.8 Å². The highest BCUT2D eigenvalue weighted by Gasteiger charge is 2.09. The number of aryl methyl sites for hydroxylation is 2. The van der Waals surface area contributed by atoms with Crippen LogP contribution in [-0.4, -0.2) is 27.8 Å². The minimum Gasteiger partial charge on any atom is -0.465 e. The molecule has 1 aromatic carbocycles. The Morgan fingerprint density at radius 2 is 1.90 bits per heavy atom. The van der Waals surface area contributed by atoms with Crippen molar-refractivity contribution in [3.63, 3.8) is 0 Å². The summed E-state index contributed by atoms with van der Waals surface area (Å²) in [5.41, 5.74) is 1.64. The van der Waals surface area contributed by atoms with Crippen LogP contribution in [0.5, 0.6) is 0 Å². The van der Waals surface area contributed by atoms with Crippen LogP contribution in [-0.2, 0) is 24.1 Å². The van der Waals surface area contributed by atoms with Crippen molar-refractivity contribution in [3.05, 3.63) is 47.0 Å². The summed E-state index contributed by atoms with van der Waals surface area (Å²) in [5, 5.41) is 4.48. The maximum atomic E-state index is 11.4. The first-order valence-electron chi connectivity index (χ1n) is 6.77.